The van der Waals surface area contributed by atoms with Gasteiger partial charge >= 0.3 is 0 Å². The van der Waals surface area contributed by atoms with Crippen LogP contribution in [0, 0.1) is 6.92 Å². The van der Waals surface area contributed by atoms with Crippen molar-refractivity contribution in [2.45, 2.75) is 26.4 Å². The first kappa shape index (κ1) is 26.2. The van der Waals surface area contributed by atoms with Crippen molar-refractivity contribution < 1.29 is 14.6 Å². The number of benzene rings is 1. The maximum absolute atomic E-state index is 12.3. The highest BCUT2D eigenvalue weighted by Gasteiger charge is 2.31. The van der Waals surface area contributed by atoms with Crippen LogP contribution in [-0.2, 0) is 4.79 Å². The number of rotatable bonds is 10. The van der Waals surface area contributed by atoms with Crippen molar-refractivity contribution in [3.8, 4) is 5.75 Å². The first-order valence-corrected chi connectivity index (χ1v) is 11.8. The fraction of sp³-hybridized carbons (Fsp3) is 0.357. The van der Waals surface area contributed by atoms with E-state index in [1.165, 1.54) is 13.8 Å². The predicted molar refractivity (Wildman–Crippen MR) is 141 cm³/mol. The number of aromatic amines is 1. The molecule has 186 valence electrons. The minimum atomic E-state index is -1.33. The summed E-state index contributed by atoms with van der Waals surface area (Å²) in [6.45, 7) is 17.1. The van der Waals surface area contributed by atoms with E-state index in [1.54, 1.807) is 11.1 Å². The van der Waals surface area contributed by atoms with E-state index in [4.69, 9.17) is 4.74 Å². The van der Waals surface area contributed by atoms with Crippen LogP contribution >= 0.6 is 0 Å². The van der Waals surface area contributed by atoms with Gasteiger partial charge in [-0.25, -0.2) is 0 Å². The Bertz CT molecular complexity index is 1090. The largest absolute Gasteiger partial charge is 0.490 e. The average molecular weight is 477 g/mol. The highest BCUT2D eigenvalue weighted by atomic mass is 16.5. The number of nitrogens with one attached hydrogen (secondary N) is 1. The summed E-state index contributed by atoms with van der Waals surface area (Å²) in [5.41, 5.74) is 3.76. The number of nitrogens with zero attached hydrogens (tertiary/aromatic N) is 3. The molecule has 0 radical (unpaired) electrons. The third kappa shape index (κ3) is 7.53. The van der Waals surface area contributed by atoms with Crippen molar-refractivity contribution in [2.75, 3.05) is 39.3 Å². The van der Waals surface area contributed by atoms with Gasteiger partial charge in [-0.15, -0.1) is 0 Å². The SMILES string of the molecule is C=C/C(=C\c1ccc(OC/C=C\C(=C)c2ccn[nH]2)cc1C)CN1CCN(C(=O)C(C)(C)O)CC1. The molecule has 1 aliphatic rings. The van der Waals surface area contributed by atoms with Crippen molar-refractivity contribution in [2.24, 2.45) is 0 Å². The monoisotopic (exact) mass is 476 g/mol. The molecule has 1 aromatic heterocycles. The number of hydrogen-bond donors (Lipinski definition) is 2. The molecule has 0 saturated carbocycles. The molecule has 0 bridgehead atoms. The van der Waals surface area contributed by atoms with E-state index in [9.17, 15) is 9.90 Å². The molecular weight excluding hydrogens is 440 g/mol. The molecule has 0 unspecified atom stereocenters. The number of ether oxygens (including phenoxy) is 1. The zero-order chi connectivity index (χ0) is 25.4. The van der Waals surface area contributed by atoms with Crippen molar-refractivity contribution >= 4 is 17.6 Å². The van der Waals surface area contributed by atoms with Crippen LogP contribution in [0.4, 0.5) is 0 Å². The van der Waals surface area contributed by atoms with E-state index in [2.05, 4.69) is 47.3 Å². The van der Waals surface area contributed by atoms with Gasteiger partial charge in [-0.2, -0.15) is 5.10 Å². The lowest BCUT2D eigenvalue weighted by molar-refractivity contribution is -0.149. The fourth-order valence-corrected chi connectivity index (χ4v) is 3.88. The maximum Gasteiger partial charge on any atom is 0.254 e. The number of allylic oxidation sites excluding steroid dienone is 2. The standard InChI is InChI=1S/C28H36N4O3/c1-6-23(20-31-13-15-32(16-14-31)27(33)28(4,5)34)19-24-9-10-25(18-22(24)3)35-17-7-8-21(2)26-11-12-29-30-26/h6-12,18-19,34H,1-2,13-17,20H2,3-5H3,(H,29,30)/b8-7-,23-19+. The molecule has 35 heavy (non-hydrogen) atoms. The van der Waals surface area contributed by atoms with Crippen molar-refractivity contribution in [3.05, 3.63) is 84.2 Å². The Morgan fingerprint density at radius 3 is 2.60 bits per heavy atom. The first-order chi connectivity index (χ1) is 16.7. The Morgan fingerprint density at radius 2 is 2.00 bits per heavy atom. The van der Waals surface area contributed by atoms with Gasteiger partial charge in [-0.1, -0.05) is 37.5 Å². The number of hydrogen-bond acceptors (Lipinski definition) is 5. The van der Waals surface area contributed by atoms with Gasteiger partial charge in [0.15, 0.2) is 0 Å². The summed E-state index contributed by atoms with van der Waals surface area (Å²) in [6, 6.07) is 7.93. The lowest BCUT2D eigenvalue weighted by Crippen LogP contribution is -2.54. The number of amides is 1. The molecule has 1 saturated heterocycles. The van der Waals surface area contributed by atoms with Gasteiger partial charge in [-0.3, -0.25) is 14.8 Å². The van der Waals surface area contributed by atoms with Gasteiger partial charge < -0.3 is 14.7 Å². The molecule has 2 N–H and O–H groups in total. The highest BCUT2D eigenvalue weighted by Crippen LogP contribution is 2.21. The summed E-state index contributed by atoms with van der Waals surface area (Å²) in [7, 11) is 0. The summed E-state index contributed by atoms with van der Waals surface area (Å²) >= 11 is 0. The maximum atomic E-state index is 12.3. The van der Waals surface area contributed by atoms with Crippen LogP contribution < -0.4 is 4.74 Å². The van der Waals surface area contributed by atoms with Gasteiger partial charge in [0.2, 0.25) is 0 Å². The Morgan fingerprint density at radius 1 is 1.26 bits per heavy atom. The lowest BCUT2D eigenvalue weighted by atomic mass is 10.0. The summed E-state index contributed by atoms with van der Waals surface area (Å²) < 4.78 is 5.86. The Hall–Kier alpha value is -3.42. The minimum Gasteiger partial charge on any atom is -0.490 e. The first-order valence-electron chi connectivity index (χ1n) is 11.8. The Kier molecular flexibility index (Phi) is 8.84. The molecule has 0 aliphatic carbocycles. The summed E-state index contributed by atoms with van der Waals surface area (Å²) in [6.07, 6.45) is 9.57. The second-order valence-corrected chi connectivity index (χ2v) is 9.28. The molecule has 1 aliphatic heterocycles. The second-order valence-electron chi connectivity index (χ2n) is 9.28. The number of aryl methyl sites for hydroxylation is 1. The van der Waals surface area contributed by atoms with Crippen LogP contribution in [0.1, 0.15) is 30.7 Å². The smallest absolute Gasteiger partial charge is 0.254 e. The molecule has 7 nitrogen and oxygen atoms in total. The quantitative estimate of drug-likeness (QED) is 0.509. The molecule has 2 aromatic rings. The van der Waals surface area contributed by atoms with Gasteiger partial charge in [0.1, 0.15) is 18.0 Å². The molecule has 1 aromatic carbocycles. The second kappa shape index (κ2) is 11.8. The van der Waals surface area contributed by atoms with Crippen LogP contribution in [-0.4, -0.2) is 75.9 Å². The van der Waals surface area contributed by atoms with Crippen LogP contribution in [0.2, 0.25) is 0 Å². The molecule has 7 heteroatoms. The number of H-pyrrole nitrogens is 1. The van der Waals surface area contributed by atoms with E-state index < -0.39 is 5.60 Å². The molecule has 3 rings (SSSR count). The van der Waals surface area contributed by atoms with Crippen LogP contribution in [0.5, 0.6) is 5.75 Å². The number of carbonyl (C=O) groups is 1. The molecule has 0 spiro atoms. The predicted octanol–water partition coefficient (Wildman–Crippen LogP) is 3.85. The van der Waals surface area contributed by atoms with Crippen LogP contribution in [0.15, 0.2) is 67.4 Å². The summed E-state index contributed by atoms with van der Waals surface area (Å²) in [5, 5.41) is 16.8. The van der Waals surface area contributed by atoms with E-state index in [-0.39, 0.29) is 5.91 Å². The highest BCUT2D eigenvalue weighted by molar-refractivity contribution is 5.84. The van der Waals surface area contributed by atoms with E-state index >= 15 is 0 Å². The van der Waals surface area contributed by atoms with Crippen molar-refractivity contribution in [1.29, 1.82) is 0 Å². The zero-order valence-electron chi connectivity index (χ0n) is 21.0. The number of carbonyl (C=O) groups excluding carboxylic acids is 1. The number of aromatic nitrogens is 2. The van der Waals surface area contributed by atoms with E-state index in [0.29, 0.717) is 19.7 Å². The normalized spacial score (nSPS) is 15.4. The number of aliphatic hydroxyl groups is 1. The molecule has 0 atom stereocenters. The van der Waals surface area contributed by atoms with Gasteiger partial charge in [-0.05, 0) is 67.3 Å². The van der Waals surface area contributed by atoms with E-state index in [1.807, 2.05) is 36.4 Å². The molecule has 2 heterocycles. The summed E-state index contributed by atoms with van der Waals surface area (Å²) in [4.78, 5) is 16.3. The minimum absolute atomic E-state index is 0.215. The molecule has 1 amide bonds. The van der Waals surface area contributed by atoms with E-state index in [0.717, 1.165) is 53.4 Å². The average Bonchev–Trinajstić information content (AvgIpc) is 3.37. The Labute approximate surface area is 208 Å². The third-order valence-electron chi connectivity index (χ3n) is 5.95. The van der Waals surface area contributed by atoms with Crippen molar-refractivity contribution in [1.82, 2.24) is 20.0 Å². The zero-order valence-corrected chi connectivity index (χ0v) is 21.0. The molecule has 1 fully saturated rings. The third-order valence-corrected chi connectivity index (χ3v) is 5.95. The summed E-state index contributed by atoms with van der Waals surface area (Å²) in [5.74, 6) is 0.594. The topological polar surface area (TPSA) is 81.7 Å². The van der Waals surface area contributed by atoms with Crippen LogP contribution in [0.25, 0.3) is 11.6 Å². The molecular formula is C28H36N4O3. The fourth-order valence-electron chi connectivity index (χ4n) is 3.88. The van der Waals surface area contributed by atoms with Gasteiger partial charge in [0.05, 0.1) is 5.69 Å². The Balaban J connectivity index is 1.53. The van der Waals surface area contributed by atoms with Crippen molar-refractivity contribution in [3.63, 3.8) is 0 Å². The lowest BCUT2D eigenvalue weighted by Gasteiger charge is -2.37. The number of piperazine rings is 1. The van der Waals surface area contributed by atoms with Gasteiger partial charge in [0, 0.05) is 38.9 Å². The van der Waals surface area contributed by atoms with Gasteiger partial charge in [0.25, 0.3) is 5.91 Å². The van der Waals surface area contributed by atoms with Crippen LogP contribution in [0.3, 0.4) is 0 Å².